The lowest BCUT2D eigenvalue weighted by Crippen LogP contribution is -2.56. The molecule has 1 amide bonds. The van der Waals surface area contributed by atoms with E-state index < -0.39 is 5.60 Å². The monoisotopic (exact) mass is 449 g/mol. The maximum Gasteiger partial charge on any atom is 0.234 e. The van der Waals surface area contributed by atoms with Gasteiger partial charge in [0.15, 0.2) is 0 Å². The first-order chi connectivity index (χ1) is 16.0. The Bertz CT molecular complexity index is 897. The highest BCUT2D eigenvalue weighted by Crippen LogP contribution is 2.49. The van der Waals surface area contributed by atoms with Gasteiger partial charge in [0.25, 0.3) is 0 Å². The highest BCUT2D eigenvalue weighted by atomic mass is 16.3. The molecule has 1 aliphatic heterocycles. The van der Waals surface area contributed by atoms with Crippen molar-refractivity contribution in [1.82, 2.24) is 10.2 Å². The van der Waals surface area contributed by atoms with E-state index in [0.29, 0.717) is 13.1 Å². The summed E-state index contributed by atoms with van der Waals surface area (Å²) in [5.41, 5.74) is 2.93. The summed E-state index contributed by atoms with van der Waals surface area (Å²) in [6.07, 6.45) is 4.88. The minimum atomic E-state index is -0.614. The third-order valence-electron chi connectivity index (χ3n) is 7.71. The van der Waals surface area contributed by atoms with Gasteiger partial charge in [0.2, 0.25) is 5.91 Å². The van der Waals surface area contributed by atoms with Crippen LogP contribution in [-0.2, 0) is 11.3 Å². The number of amides is 1. The van der Waals surface area contributed by atoms with Crippen LogP contribution in [0.15, 0.2) is 54.6 Å². The van der Waals surface area contributed by atoms with E-state index in [4.69, 9.17) is 0 Å². The lowest BCUT2D eigenvalue weighted by molar-refractivity contribution is -0.138. The molecule has 0 aromatic heterocycles. The second kappa shape index (κ2) is 10.7. The van der Waals surface area contributed by atoms with Crippen molar-refractivity contribution in [2.24, 2.45) is 5.92 Å². The van der Waals surface area contributed by atoms with Crippen molar-refractivity contribution in [3.05, 3.63) is 65.7 Å². The lowest BCUT2D eigenvalue weighted by atomic mass is 9.66. The molecular weight excluding hydrogens is 410 g/mol. The molecule has 1 aliphatic carbocycles. The topological polar surface area (TPSA) is 55.8 Å². The van der Waals surface area contributed by atoms with Crippen LogP contribution in [0.4, 0.5) is 5.69 Å². The Morgan fingerprint density at radius 3 is 2.48 bits per heavy atom. The van der Waals surface area contributed by atoms with Gasteiger partial charge < -0.3 is 15.3 Å². The lowest BCUT2D eigenvalue weighted by Gasteiger charge is -2.52. The van der Waals surface area contributed by atoms with Gasteiger partial charge in [-0.15, -0.1) is 0 Å². The van der Waals surface area contributed by atoms with Crippen LogP contribution in [0.5, 0.6) is 0 Å². The normalized spacial score (nSPS) is 25.3. The van der Waals surface area contributed by atoms with Gasteiger partial charge in [0, 0.05) is 43.8 Å². The van der Waals surface area contributed by atoms with E-state index in [1.165, 1.54) is 11.3 Å². The van der Waals surface area contributed by atoms with E-state index in [1.807, 2.05) is 30.3 Å². The first kappa shape index (κ1) is 23.8. The number of hydrogen-bond acceptors (Lipinski definition) is 4. The number of carbonyl (C=O) groups is 1. The highest BCUT2D eigenvalue weighted by Gasteiger charge is 2.49. The summed E-state index contributed by atoms with van der Waals surface area (Å²) in [5.74, 6) is 0.214. The van der Waals surface area contributed by atoms with Gasteiger partial charge in [0.05, 0.1) is 12.1 Å². The Hall–Kier alpha value is -2.37. The zero-order valence-corrected chi connectivity index (χ0v) is 20.2. The number of nitrogens with zero attached hydrogens (tertiary/aromatic N) is 2. The zero-order chi connectivity index (χ0) is 23.3. The van der Waals surface area contributed by atoms with Crippen molar-refractivity contribution in [3.63, 3.8) is 0 Å². The number of aliphatic hydroxyl groups is 1. The average Bonchev–Trinajstić information content (AvgIpc) is 2.85. The van der Waals surface area contributed by atoms with Crippen LogP contribution in [0.1, 0.15) is 63.1 Å². The van der Waals surface area contributed by atoms with E-state index in [-0.39, 0.29) is 17.9 Å². The summed E-state index contributed by atoms with van der Waals surface area (Å²) < 4.78 is 0. The van der Waals surface area contributed by atoms with Gasteiger partial charge in [-0.1, -0.05) is 55.3 Å². The number of carbonyl (C=O) groups excluding carboxylic acids is 1. The van der Waals surface area contributed by atoms with Crippen molar-refractivity contribution in [2.45, 2.75) is 64.1 Å². The van der Waals surface area contributed by atoms with Crippen LogP contribution in [0.3, 0.4) is 0 Å². The van der Waals surface area contributed by atoms with Crippen LogP contribution >= 0.6 is 0 Å². The van der Waals surface area contributed by atoms with Crippen LogP contribution in [0, 0.1) is 5.92 Å². The minimum Gasteiger partial charge on any atom is -0.389 e. The average molecular weight is 450 g/mol. The Labute approximate surface area is 198 Å². The number of fused-ring (bicyclic) bond motifs is 1. The van der Waals surface area contributed by atoms with Gasteiger partial charge in [-0.3, -0.25) is 9.69 Å². The standard InChI is InChI=1S/C28H39N3O2/c1-3-30(4-2)24-15-13-23(14-16-24)27-25-12-8-9-17-28(25,33)18-19-31(27)21-26(32)29-20-22-10-6-5-7-11-22/h5-7,10-11,13-16,25,27,33H,3-4,8-9,12,17-21H2,1-2H3,(H,29,32)/t25-,27-,28+/m1/s1. The summed E-state index contributed by atoms with van der Waals surface area (Å²) in [5, 5.41) is 14.6. The first-order valence-corrected chi connectivity index (χ1v) is 12.7. The van der Waals surface area contributed by atoms with Crippen molar-refractivity contribution in [1.29, 1.82) is 0 Å². The molecule has 4 rings (SSSR count). The van der Waals surface area contributed by atoms with Gasteiger partial charge >= 0.3 is 0 Å². The van der Waals surface area contributed by atoms with Crippen molar-refractivity contribution >= 4 is 11.6 Å². The van der Waals surface area contributed by atoms with E-state index in [2.05, 4.69) is 53.2 Å². The third kappa shape index (κ3) is 5.42. The molecule has 3 atom stereocenters. The molecule has 0 radical (unpaired) electrons. The Kier molecular flexibility index (Phi) is 7.71. The van der Waals surface area contributed by atoms with E-state index in [0.717, 1.165) is 57.3 Å². The summed E-state index contributed by atoms with van der Waals surface area (Å²) in [6.45, 7) is 7.97. The molecular formula is C28H39N3O2. The Morgan fingerprint density at radius 1 is 1.06 bits per heavy atom. The second-order valence-corrected chi connectivity index (χ2v) is 9.65. The number of nitrogens with one attached hydrogen (secondary N) is 1. The third-order valence-corrected chi connectivity index (χ3v) is 7.71. The second-order valence-electron chi connectivity index (χ2n) is 9.65. The molecule has 1 heterocycles. The Morgan fingerprint density at radius 2 is 1.79 bits per heavy atom. The fourth-order valence-corrected chi connectivity index (χ4v) is 5.87. The molecule has 1 saturated heterocycles. The van der Waals surface area contributed by atoms with Crippen LogP contribution < -0.4 is 10.2 Å². The fourth-order valence-electron chi connectivity index (χ4n) is 5.87. The van der Waals surface area contributed by atoms with Crippen LogP contribution in [-0.4, -0.2) is 47.7 Å². The maximum absolute atomic E-state index is 12.9. The van der Waals surface area contributed by atoms with E-state index in [9.17, 15) is 9.90 Å². The molecule has 2 aromatic carbocycles. The van der Waals surface area contributed by atoms with Crippen LogP contribution in [0.2, 0.25) is 0 Å². The predicted octanol–water partition coefficient (Wildman–Crippen LogP) is 4.52. The van der Waals surface area contributed by atoms with E-state index >= 15 is 0 Å². The predicted molar refractivity (Wildman–Crippen MR) is 134 cm³/mol. The summed E-state index contributed by atoms with van der Waals surface area (Å²) in [4.78, 5) is 17.5. The largest absolute Gasteiger partial charge is 0.389 e. The molecule has 178 valence electrons. The molecule has 5 heteroatoms. The molecule has 2 aliphatic rings. The van der Waals surface area contributed by atoms with Gasteiger partial charge in [-0.05, 0) is 56.4 Å². The molecule has 1 saturated carbocycles. The fraction of sp³-hybridized carbons (Fsp3) is 0.536. The van der Waals surface area contributed by atoms with Gasteiger partial charge in [-0.2, -0.15) is 0 Å². The zero-order valence-electron chi connectivity index (χ0n) is 20.2. The summed E-state index contributed by atoms with van der Waals surface area (Å²) in [6, 6.07) is 18.9. The Balaban J connectivity index is 1.53. The summed E-state index contributed by atoms with van der Waals surface area (Å²) in [7, 11) is 0. The van der Waals surface area contributed by atoms with Gasteiger partial charge in [-0.25, -0.2) is 0 Å². The summed E-state index contributed by atoms with van der Waals surface area (Å²) >= 11 is 0. The number of likely N-dealkylation sites (tertiary alicyclic amines) is 1. The molecule has 0 bridgehead atoms. The number of benzene rings is 2. The number of piperidine rings is 1. The highest BCUT2D eigenvalue weighted by molar-refractivity contribution is 5.78. The molecule has 2 fully saturated rings. The quantitative estimate of drug-likeness (QED) is 0.622. The van der Waals surface area contributed by atoms with Crippen molar-refractivity contribution < 1.29 is 9.90 Å². The first-order valence-electron chi connectivity index (χ1n) is 12.7. The van der Waals surface area contributed by atoms with E-state index in [1.54, 1.807) is 0 Å². The number of hydrogen-bond donors (Lipinski definition) is 2. The SMILES string of the molecule is CCN(CC)c1ccc([C@@H]2[C@H]3CCCC[C@]3(O)CCN2CC(=O)NCc2ccccc2)cc1. The molecule has 2 N–H and O–H groups in total. The van der Waals surface area contributed by atoms with Crippen LogP contribution in [0.25, 0.3) is 0 Å². The van der Waals surface area contributed by atoms with Gasteiger partial charge in [0.1, 0.15) is 0 Å². The number of rotatable bonds is 8. The molecule has 33 heavy (non-hydrogen) atoms. The smallest absolute Gasteiger partial charge is 0.234 e. The molecule has 0 spiro atoms. The van der Waals surface area contributed by atoms with Crippen molar-refractivity contribution in [2.75, 3.05) is 31.1 Å². The molecule has 5 nitrogen and oxygen atoms in total. The maximum atomic E-state index is 12.9. The number of anilines is 1. The van der Waals surface area contributed by atoms with Crippen molar-refractivity contribution in [3.8, 4) is 0 Å². The minimum absolute atomic E-state index is 0.0462. The molecule has 2 aromatic rings. The molecule has 0 unspecified atom stereocenters.